The van der Waals surface area contributed by atoms with Crippen LogP contribution in [0.4, 0.5) is 0 Å². The molecule has 0 saturated heterocycles. The third-order valence-electron chi connectivity index (χ3n) is 2.08. The zero-order chi connectivity index (χ0) is 6.85. The second-order valence-corrected chi connectivity index (χ2v) is 3.47. The van der Waals surface area contributed by atoms with Crippen LogP contribution in [-0.2, 0) is 0 Å². The van der Waals surface area contributed by atoms with Crippen molar-refractivity contribution in [3.05, 3.63) is 0 Å². The lowest BCUT2D eigenvalue weighted by Crippen LogP contribution is -2.32. The highest BCUT2D eigenvalue weighted by molar-refractivity contribution is 5.85. The zero-order valence-corrected chi connectivity index (χ0v) is 7.87. The normalized spacial score (nSPS) is 20.4. The number of hydrogen-bond donors (Lipinski definition) is 1. The lowest BCUT2D eigenvalue weighted by Gasteiger charge is -2.16. The minimum Gasteiger partial charge on any atom is -0.311 e. The predicted octanol–water partition coefficient (Wildman–Crippen LogP) is 2.20. The van der Waals surface area contributed by atoms with Crippen LogP contribution in [0.1, 0.15) is 33.6 Å². The van der Waals surface area contributed by atoms with Gasteiger partial charge in [-0.25, -0.2) is 0 Å². The van der Waals surface area contributed by atoms with Gasteiger partial charge in [0, 0.05) is 12.1 Å². The molecule has 1 atom stereocenters. The van der Waals surface area contributed by atoms with Crippen molar-refractivity contribution in [3.63, 3.8) is 0 Å². The second-order valence-electron chi connectivity index (χ2n) is 3.47. The van der Waals surface area contributed by atoms with Crippen LogP contribution in [0.5, 0.6) is 0 Å². The molecule has 1 fully saturated rings. The van der Waals surface area contributed by atoms with E-state index in [1.807, 2.05) is 0 Å². The minimum absolute atomic E-state index is 0. The van der Waals surface area contributed by atoms with Crippen LogP contribution >= 0.6 is 12.4 Å². The lowest BCUT2D eigenvalue weighted by molar-refractivity contribution is 0.425. The third-order valence-corrected chi connectivity index (χ3v) is 2.08. The fraction of sp³-hybridized carbons (Fsp3) is 1.00. The Morgan fingerprint density at radius 2 is 1.70 bits per heavy atom. The molecule has 0 aromatic rings. The molecule has 0 heterocycles. The molecule has 1 aliphatic rings. The van der Waals surface area contributed by atoms with Crippen molar-refractivity contribution in [2.75, 3.05) is 0 Å². The van der Waals surface area contributed by atoms with Crippen LogP contribution in [-0.4, -0.2) is 12.1 Å². The van der Waals surface area contributed by atoms with Gasteiger partial charge in [-0.05, 0) is 25.7 Å². The molecular weight excluding hydrogens is 146 g/mol. The summed E-state index contributed by atoms with van der Waals surface area (Å²) in [6.45, 7) is 6.79. The van der Waals surface area contributed by atoms with Gasteiger partial charge >= 0.3 is 0 Å². The summed E-state index contributed by atoms with van der Waals surface area (Å²) in [5.41, 5.74) is 0. The van der Waals surface area contributed by atoms with Gasteiger partial charge in [-0.15, -0.1) is 12.4 Å². The Balaban J connectivity index is 0.000000810. The maximum Gasteiger partial charge on any atom is 0.00708 e. The van der Waals surface area contributed by atoms with Gasteiger partial charge in [0.1, 0.15) is 0 Å². The Bertz CT molecular complexity index is 89.3. The number of hydrogen-bond acceptors (Lipinski definition) is 1. The molecule has 0 amide bonds. The molecule has 0 bridgehead atoms. The zero-order valence-electron chi connectivity index (χ0n) is 7.05. The molecule has 0 spiro atoms. The molecule has 1 rings (SSSR count). The van der Waals surface area contributed by atoms with Gasteiger partial charge in [0.15, 0.2) is 0 Å². The monoisotopic (exact) mass is 163 g/mol. The van der Waals surface area contributed by atoms with E-state index in [2.05, 4.69) is 26.1 Å². The van der Waals surface area contributed by atoms with Crippen molar-refractivity contribution in [2.24, 2.45) is 5.92 Å². The van der Waals surface area contributed by atoms with Crippen LogP contribution in [0.3, 0.4) is 0 Å². The summed E-state index contributed by atoms with van der Waals surface area (Å²) in [5, 5.41) is 3.55. The Morgan fingerprint density at radius 1 is 1.20 bits per heavy atom. The van der Waals surface area contributed by atoms with Gasteiger partial charge in [0.05, 0.1) is 0 Å². The molecule has 1 unspecified atom stereocenters. The summed E-state index contributed by atoms with van der Waals surface area (Å²) in [6, 6.07) is 1.57. The van der Waals surface area contributed by atoms with E-state index in [1.54, 1.807) is 0 Å². The summed E-state index contributed by atoms with van der Waals surface area (Å²) < 4.78 is 0. The van der Waals surface area contributed by atoms with Crippen LogP contribution < -0.4 is 5.32 Å². The van der Waals surface area contributed by atoms with Crippen LogP contribution in [0.25, 0.3) is 0 Å². The first-order valence-corrected chi connectivity index (χ1v) is 3.96. The van der Waals surface area contributed by atoms with E-state index in [1.165, 1.54) is 12.8 Å². The fourth-order valence-electron chi connectivity index (χ4n) is 0.814. The van der Waals surface area contributed by atoms with Crippen molar-refractivity contribution in [2.45, 2.75) is 45.7 Å². The highest BCUT2D eigenvalue weighted by Crippen LogP contribution is 2.20. The van der Waals surface area contributed by atoms with Gasteiger partial charge in [0.2, 0.25) is 0 Å². The quantitative estimate of drug-likeness (QED) is 0.673. The highest BCUT2D eigenvalue weighted by atomic mass is 35.5. The molecular formula is C8H18ClN. The van der Waals surface area contributed by atoms with Gasteiger partial charge < -0.3 is 5.32 Å². The number of nitrogens with one attached hydrogen (secondary N) is 1. The Hall–Kier alpha value is 0.250. The molecule has 1 nitrogen and oxygen atoms in total. The summed E-state index contributed by atoms with van der Waals surface area (Å²) in [4.78, 5) is 0. The molecule has 1 aliphatic carbocycles. The van der Waals surface area contributed by atoms with Gasteiger partial charge in [0.25, 0.3) is 0 Å². The van der Waals surface area contributed by atoms with Crippen molar-refractivity contribution in [3.8, 4) is 0 Å². The highest BCUT2D eigenvalue weighted by Gasteiger charge is 2.23. The Morgan fingerprint density at radius 3 is 2.00 bits per heavy atom. The van der Waals surface area contributed by atoms with Gasteiger partial charge in [-0.2, -0.15) is 0 Å². The summed E-state index contributed by atoms with van der Waals surface area (Å²) in [7, 11) is 0. The van der Waals surface area contributed by atoms with E-state index in [0.717, 1.165) is 12.0 Å². The Labute approximate surface area is 70.0 Å². The maximum atomic E-state index is 3.55. The molecule has 0 radical (unpaired) electrons. The second kappa shape index (κ2) is 4.20. The number of rotatable bonds is 3. The largest absolute Gasteiger partial charge is 0.311 e. The van der Waals surface area contributed by atoms with E-state index in [-0.39, 0.29) is 12.4 Å². The van der Waals surface area contributed by atoms with Gasteiger partial charge in [-0.3, -0.25) is 0 Å². The molecule has 1 saturated carbocycles. The average molecular weight is 164 g/mol. The first-order chi connectivity index (χ1) is 4.20. The van der Waals surface area contributed by atoms with Crippen LogP contribution in [0, 0.1) is 5.92 Å². The minimum atomic E-state index is 0. The lowest BCUT2D eigenvalue weighted by atomic mass is 10.1. The van der Waals surface area contributed by atoms with Crippen molar-refractivity contribution in [1.82, 2.24) is 5.32 Å². The molecule has 62 valence electrons. The molecule has 0 aromatic carbocycles. The predicted molar refractivity (Wildman–Crippen MR) is 47.7 cm³/mol. The smallest absolute Gasteiger partial charge is 0.00708 e. The van der Waals surface area contributed by atoms with Crippen LogP contribution in [0.15, 0.2) is 0 Å². The molecule has 0 aromatic heterocycles. The topological polar surface area (TPSA) is 12.0 Å². The van der Waals surface area contributed by atoms with E-state index in [9.17, 15) is 0 Å². The fourth-order valence-corrected chi connectivity index (χ4v) is 0.814. The first-order valence-electron chi connectivity index (χ1n) is 3.96. The maximum absolute atomic E-state index is 3.55. The summed E-state index contributed by atoms with van der Waals surface area (Å²) in [6.07, 6.45) is 2.80. The van der Waals surface area contributed by atoms with Crippen molar-refractivity contribution in [1.29, 1.82) is 0 Å². The molecule has 10 heavy (non-hydrogen) atoms. The first kappa shape index (κ1) is 10.2. The molecule has 1 N–H and O–H groups in total. The number of halogens is 1. The standard InChI is InChI=1S/C8H17N.ClH/c1-6(2)7(3)9-8-4-5-8;/h6-9H,4-5H2,1-3H3;1H. The third kappa shape index (κ3) is 3.43. The van der Waals surface area contributed by atoms with Crippen LogP contribution in [0.2, 0.25) is 0 Å². The molecule has 0 aliphatic heterocycles. The Kier molecular flexibility index (Phi) is 4.30. The van der Waals surface area contributed by atoms with Crippen molar-refractivity contribution >= 4 is 12.4 Å². The van der Waals surface area contributed by atoms with Crippen molar-refractivity contribution < 1.29 is 0 Å². The summed E-state index contributed by atoms with van der Waals surface area (Å²) >= 11 is 0. The SMILES string of the molecule is CC(C)C(C)NC1CC1.Cl. The summed E-state index contributed by atoms with van der Waals surface area (Å²) in [5.74, 6) is 0.783. The van der Waals surface area contributed by atoms with E-state index in [4.69, 9.17) is 0 Å². The van der Waals surface area contributed by atoms with E-state index < -0.39 is 0 Å². The van der Waals surface area contributed by atoms with Gasteiger partial charge in [-0.1, -0.05) is 13.8 Å². The van der Waals surface area contributed by atoms with E-state index in [0.29, 0.717) is 6.04 Å². The molecule has 2 heteroatoms. The average Bonchev–Trinajstić information content (AvgIpc) is 2.50. The van der Waals surface area contributed by atoms with E-state index >= 15 is 0 Å².